The minimum atomic E-state index is 0.830. The van der Waals surface area contributed by atoms with Crippen LogP contribution in [-0.2, 0) is 0 Å². The van der Waals surface area contributed by atoms with Crippen LogP contribution in [0.5, 0.6) is 0 Å². The van der Waals surface area contributed by atoms with Crippen molar-refractivity contribution in [3.05, 3.63) is 79.1 Å². The van der Waals surface area contributed by atoms with Crippen LogP contribution in [0.3, 0.4) is 0 Å². The van der Waals surface area contributed by atoms with E-state index in [1.807, 2.05) is 53.2 Å². The molecule has 0 spiro atoms. The maximum absolute atomic E-state index is 4.56. The highest BCUT2D eigenvalue weighted by molar-refractivity contribution is 5.79. The lowest BCUT2D eigenvalue weighted by Gasteiger charge is -2.01. The fraction of sp³-hybridized carbons (Fsp3) is 0. The summed E-state index contributed by atoms with van der Waals surface area (Å²) in [5.74, 6) is 0. The van der Waals surface area contributed by atoms with E-state index >= 15 is 0 Å². The Labute approximate surface area is 138 Å². The molecule has 0 aliphatic carbocycles. The molecule has 6 nitrogen and oxygen atoms in total. The summed E-state index contributed by atoms with van der Waals surface area (Å²) in [5.41, 5.74) is 7.70. The molecule has 3 aromatic heterocycles. The molecular formula is C18H14N6. The molecule has 24 heavy (non-hydrogen) atoms. The van der Waals surface area contributed by atoms with E-state index in [-0.39, 0.29) is 0 Å². The summed E-state index contributed by atoms with van der Waals surface area (Å²) in [6.45, 7) is 0. The van der Waals surface area contributed by atoms with Gasteiger partial charge in [0.1, 0.15) is 0 Å². The first-order valence-electron chi connectivity index (χ1n) is 7.47. The molecule has 0 aliphatic rings. The summed E-state index contributed by atoms with van der Waals surface area (Å²) in [6, 6.07) is 11.8. The van der Waals surface area contributed by atoms with E-state index in [0.29, 0.717) is 0 Å². The van der Waals surface area contributed by atoms with Crippen molar-refractivity contribution < 1.29 is 0 Å². The Morgan fingerprint density at radius 3 is 2.58 bits per heavy atom. The Morgan fingerprint density at radius 2 is 1.79 bits per heavy atom. The Balaban J connectivity index is 1.49. The molecule has 0 bridgehead atoms. The van der Waals surface area contributed by atoms with E-state index in [0.717, 1.165) is 28.2 Å². The third kappa shape index (κ3) is 2.98. The summed E-state index contributed by atoms with van der Waals surface area (Å²) in [5, 5.41) is 4.22. The van der Waals surface area contributed by atoms with Gasteiger partial charge in [-0.25, -0.2) is 4.98 Å². The molecule has 3 heterocycles. The van der Waals surface area contributed by atoms with Gasteiger partial charge in [0, 0.05) is 36.5 Å². The molecule has 0 saturated heterocycles. The van der Waals surface area contributed by atoms with Crippen molar-refractivity contribution >= 4 is 17.5 Å². The molecule has 0 aliphatic heterocycles. The van der Waals surface area contributed by atoms with Crippen LogP contribution in [0.2, 0.25) is 0 Å². The van der Waals surface area contributed by atoms with E-state index in [1.54, 1.807) is 31.0 Å². The minimum Gasteiger partial charge on any atom is -0.304 e. The molecule has 0 fully saturated rings. The van der Waals surface area contributed by atoms with Gasteiger partial charge in [0.2, 0.25) is 0 Å². The number of anilines is 1. The number of hydrogen-bond donors (Lipinski definition) is 1. The molecule has 0 saturated carbocycles. The number of fused-ring (bicyclic) bond motifs is 1. The number of benzene rings is 1. The first kappa shape index (κ1) is 14.1. The Bertz CT molecular complexity index is 940. The maximum Gasteiger partial charge on any atom is 0.155 e. The third-order valence-electron chi connectivity index (χ3n) is 3.56. The number of rotatable bonds is 4. The van der Waals surface area contributed by atoms with Crippen molar-refractivity contribution in [3.8, 4) is 11.3 Å². The second kappa shape index (κ2) is 6.29. The zero-order valence-electron chi connectivity index (χ0n) is 12.7. The van der Waals surface area contributed by atoms with Crippen LogP contribution in [0.15, 0.2) is 78.7 Å². The fourth-order valence-corrected chi connectivity index (χ4v) is 2.33. The molecule has 4 rings (SSSR count). The lowest BCUT2D eigenvalue weighted by Crippen LogP contribution is -1.90. The molecule has 6 heteroatoms. The normalized spacial score (nSPS) is 11.2. The predicted molar refractivity (Wildman–Crippen MR) is 93.9 cm³/mol. The van der Waals surface area contributed by atoms with Crippen LogP contribution in [0.4, 0.5) is 5.69 Å². The van der Waals surface area contributed by atoms with Crippen LogP contribution >= 0.6 is 0 Å². The summed E-state index contributed by atoms with van der Waals surface area (Å²) < 4.78 is 1.95. The number of nitrogens with one attached hydrogen (secondary N) is 1. The maximum atomic E-state index is 4.56. The summed E-state index contributed by atoms with van der Waals surface area (Å²) >= 11 is 0. The van der Waals surface area contributed by atoms with Gasteiger partial charge in [0.05, 0.1) is 23.8 Å². The SMILES string of the molecule is C(=NNc1ccc(-c2cn3ccncc3n2)cc1)c1ccncc1. The topological polar surface area (TPSA) is 67.5 Å². The van der Waals surface area contributed by atoms with Gasteiger partial charge < -0.3 is 4.40 Å². The first-order valence-corrected chi connectivity index (χ1v) is 7.47. The van der Waals surface area contributed by atoms with Gasteiger partial charge in [0.25, 0.3) is 0 Å². The molecular weight excluding hydrogens is 300 g/mol. The molecule has 0 atom stereocenters. The smallest absolute Gasteiger partial charge is 0.155 e. The largest absolute Gasteiger partial charge is 0.304 e. The minimum absolute atomic E-state index is 0.830. The fourth-order valence-electron chi connectivity index (χ4n) is 2.33. The molecule has 0 amide bonds. The van der Waals surface area contributed by atoms with E-state index in [4.69, 9.17) is 0 Å². The van der Waals surface area contributed by atoms with Gasteiger partial charge in [0.15, 0.2) is 5.65 Å². The number of aromatic nitrogens is 4. The van der Waals surface area contributed by atoms with Crippen molar-refractivity contribution in [2.24, 2.45) is 5.10 Å². The Morgan fingerprint density at radius 1 is 0.958 bits per heavy atom. The molecule has 4 aromatic rings. The third-order valence-corrected chi connectivity index (χ3v) is 3.56. The highest BCUT2D eigenvalue weighted by Crippen LogP contribution is 2.21. The number of hydrogen-bond acceptors (Lipinski definition) is 5. The van der Waals surface area contributed by atoms with Crippen molar-refractivity contribution in [2.45, 2.75) is 0 Å². The lowest BCUT2D eigenvalue weighted by molar-refractivity contribution is 1.13. The van der Waals surface area contributed by atoms with E-state index in [1.165, 1.54) is 0 Å². The highest BCUT2D eigenvalue weighted by atomic mass is 15.3. The van der Waals surface area contributed by atoms with Crippen molar-refractivity contribution in [1.82, 2.24) is 19.4 Å². The van der Waals surface area contributed by atoms with E-state index in [9.17, 15) is 0 Å². The first-order chi connectivity index (χ1) is 11.9. The van der Waals surface area contributed by atoms with Crippen molar-refractivity contribution in [1.29, 1.82) is 0 Å². The number of nitrogens with zero attached hydrogens (tertiary/aromatic N) is 5. The van der Waals surface area contributed by atoms with Crippen LogP contribution in [0.1, 0.15) is 5.56 Å². The van der Waals surface area contributed by atoms with Crippen molar-refractivity contribution in [3.63, 3.8) is 0 Å². The molecule has 116 valence electrons. The molecule has 1 N–H and O–H groups in total. The lowest BCUT2D eigenvalue weighted by atomic mass is 10.1. The summed E-state index contributed by atoms with van der Waals surface area (Å²) in [7, 11) is 0. The number of imidazole rings is 1. The van der Waals surface area contributed by atoms with Crippen LogP contribution in [0.25, 0.3) is 16.9 Å². The van der Waals surface area contributed by atoms with Crippen LogP contribution in [0, 0.1) is 0 Å². The van der Waals surface area contributed by atoms with E-state index in [2.05, 4.69) is 25.5 Å². The van der Waals surface area contributed by atoms with Crippen LogP contribution < -0.4 is 5.43 Å². The van der Waals surface area contributed by atoms with Gasteiger partial charge in [-0.2, -0.15) is 5.10 Å². The predicted octanol–water partition coefficient (Wildman–Crippen LogP) is 3.24. The monoisotopic (exact) mass is 314 g/mol. The summed E-state index contributed by atoms with van der Waals surface area (Å²) in [4.78, 5) is 12.6. The average Bonchev–Trinajstić information content (AvgIpc) is 3.07. The van der Waals surface area contributed by atoms with Crippen LogP contribution in [-0.4, -0.2) is 25.6 Å². The van der Waals surface area contributed by atoms with Gasteiger partial charge in [-0.1, -0.05) is 12.1 Å². The number of pyridine rings is 1. The summed E-state index contributed by atoms with van der Waals surface area (Å²) in [6.07, 6.45) is 12.6. The van der Waals surface area contributed by atoms with Gasteiger partial charge >= 0.3 is 0 Å². The molecule has 0 radical (unpaired) electrons. The standard InChI is InChI=1S/C18H14N6/c1-3-16(23-21-11-14-5-7-19-8-6-14)4-2-15(1)17-13-24-10-9-20-12-18(24)22-17/h1-13,23H. The van der Waals surface area contributed by atoms with Gasteiger partial charge in [-0.05, 0) is 29.8 Å². The van der Waals surface area contributed by atoms with Gasteiger partial charge in [-0.15, -0.1) is 0 Å². The highest BCUT2D eigenvalue weighted by Gasteiger charge is 2.04. The Hall–Kier alpha value is -3.54. The average molecular weight is 314 g/mol. The zero-order valence-corrected chi connectivity index (χ0v) is 12.7. The molecule has 1 aromatic carbocycles. The van der Waals surface area contributed by atoms with E-state index < -0.39 is 0 Å². The second-order valence-corrected chi connectivity index (χ2v) is 5.20. The Kier molecular flexibility index (Phi) is 3.69. The quantitative estimate of drug-likeness (QED) is 0.464. The van der Waals surface area contributed by atoms with Gasteiger partial charge in [-0.3, -0.25) is 15.4 Å². The van der Waals surface area contributed by atoms with Crippen molar-refractivity contribution in [2.75, 3.05) is 5.43 Å². The zero-order chi connectivity index (χ0) is 16.2. The molecule has 0 unspecified atom stereocenters. The number of hydrazone groups is 1. The second-order valence-electron chi connectivity index (χ2n) is 5.20.